The van der Waals surface area contributed by atoms with Gasteiger partial charge in [0.05, 0.1) is 24.8 Å². The van der Waals surface area contributed by atoms with Crippen molar-refractivity contribution in [2.45, 2.75) is 26.5 Å². The van der Waals surface area contributed by atoms with Gasteiger partial charge < -0.3 is 9.30 Å². The fraction of sp³-hybridized carbons (Fsp3) is 0.250. The number of rotatable bonds is 2. The fourth-order valence-electron chi connectivity index (χ4n) is 3.92. The van der Waals surface area contributed by atoms with E-state index in [4.69, 9.17) is 4.74 Å². The van der Waals surface area contributed by atoms with E-state index in [1.54, 1.807) is 0 Å². The molecule has 3 nitrogen and oxygen atoms in total. The summed E-state index contributed by atoms with van der Waals surface area (Å²) in [5.74, 6) is 0. The van der Waals surface area contributed by atoms with E-state index in [1.807, 2.05) is 12.4 Å². The molecule has 1 aliphatic heterocycles. The molecular formula is C20H18N2O. The van der Waals surface area contributed by atoms with Crippen LogP contribution in [0.25, 0.3) is 32.6 Å². The minimum atomic E-state index is 0.363. The molecule has 5 rings (SSSR count). The molecule has 0 amide bonds. The molecule has 114 valence electrons. The maximum absolute atomic E-state index is 5.51. The molecule has 0 N–H and O–H groups in total. The van der Waals surface area contributed by atoms with Crippen molar-refractivity contribution in [1.82, 2.24) is 9.55 Å². The number of aryl methyl sites for hydroxylation is 2. The predicted octanol–water partition coefficient (Wildman–Crippen LogP) is 4.36. The highest BCUT2D eigenvalue weighted by atomic mass is 16.6. The minimum Gasteiger partial charge on any atom is -0.371 e. The summed E-state index contributed by atoms with van der Waals surface area (Å²) in [6, 6.07) is 10.8. The van der Waals surface area contributed by atoms with Crippen LogP contribution in [0, 0.1) is 13.8 Å². The molecule has 0 saturated carbocycles. The molecule has 0 radical (unpaired) electrons. The summed E-state index contributed by atoms with van der Waals surface area (Å²) in [5.41, 5.74) is 5.30. The van der Waals surface area contributed by atoms with Crippen LogP contribution < -0.4 is 0 Å². The molecule has 2 aromatic carbocycles. The molecule has 0 spiro atoms. The highest BCUT2D eigenvalue weighted by Gasteiger charge is 2.26. The number of aromatic nitrogens is 2. The number of nitrogens with zero attached hydrogens (tertiary/aromatic N) is 2. The van der Waals surface area contributed by atoms with Crippen LogP contribution in [0.5, 0.6) is 0 Å². The predicted molar refractivity (Wildman–Crippen MR) is 94.0 cm³/mol. The summed E-state index contributed by atoms with van der Waals surface area (Å²) < 4.78 is 7.96. The van der Waals surface area contributed by atoms with Crippen LogP contribution in [-0.2, 0) is 11.3 Å². The van der Waals surface area contributed by atoms with Crippen molar-refractivity contribution in [2.75, 3.05) is 6.61 Å². The first-order valence-electron chi connectivity index (χ1n) is 8.11. The average molecular weight is 302 g/mol. The van der Waals surface area contributed by atoms with E-state index in [0.717, 1.165) is 13.2 Å². The number of para-hydroxylation sites is 1. The SMILES string of the molecule is Cc1c2cnccc2c(C)c2c1c1ccccc1n2CC1CO1. The van der Waals surface area contributed by atoms with Crippen LogP contribution in [0.1, 0.15) is 11.1 Å². The molecule has 23 heavy (non-hydrogen) atoms. The smallest absolute Gasteiger partial charge is 0.0988 e. The van der Waals surface area contributed by atoms with Gasteiger partial charge in [0.25, 0.3) is 0 Å². The molecule has 0 aliphatic carbocycles. The van der Waals surface area contributed by atoms with Crippen molar-refractivity contribution in [3.05, 3.63) is 53.9 Å². The van der Waals surface area contributed by atoms with Gasteiger partial charge in [-0.2, -0.15) is 0 Å². The molecule has 1 aliphatic rings. The summed E-state index contributed by atoms with van der Waals surface area (Å²) in [6.07, 6.45) is 4.24. The van der Waals surface area contributed by atoms with Gasteiger partial charge in [0, 0.05) is 34.1 Å². The number of pyridine rings is 1. The van der Waals surface area contributed by atoms with Gasteiger partial charge >= 0.3 is 0 Å². The Morgan fingerprint density at radius 1 is 1.09 bits per heavy atom. The van der Waals surface area contributed by atoms with E-state index >= 15 is 0 Å². The van der Waals surface area contributed by atoms with Gasteiger partial charge in [-0.1, -0.05) is 18.2 Å². The molecule has 1 saturated heterocycles. The van der Waals surface area contributed by atoms with E-state index in [1.165, 1.54) is 43.7 Å². The lowest BCUT2D eigenvalue weighted by atomic mass is 9.97. The van der Waals surface area contributed by atoms with Gasteiger partial charge in [-0.15, -0.1) is 0 Å². The molecule has 3 heteroatoms. The lowest BCUT2D eigenvalue weighted by molar-refractivity contribution is 0.387. The lowest BCUT2D eigenvalue weighted by Crippen LogP contribution is -2.04. The molecule has 3 heterocycles. The quantitative estimate of drug-likeness (QED) is 0.515. The lowest BCUT2D eigenvalue weighted by Gasteiger charge is -2.12. The first-order valence-corrected chi connectivity index (χ1v) is 8.11. The largest absolute Gasteiger partial charge is 0.371 e. The molecule has 1 fully saturated rings. The zero-order valence-corrected chi connectivity index (χ0v) is 13.3. The van der Waals surface area contributed by atoms with Crippen LogP contribution in [-0.4, -0.2) is 22.3 Å². The second-order valence-electron chi connectivity index (χ2n) is 6.48. The Bertz CT molecular complexity index is 1070. The molecule has 1 unspecified atom stereocenters. The number of ether oxygens (including phenoxy) is 1. The van der Waals surface area contributed by atoms with Crippen molar-refractivity contribution in [2.24, 2.45) is 0 Å². The van der Waals surface area contributed by atoms with E-state index in [0.29, 0.717) is 6.10 Å². The number of hydrogen-bond acceptors (Lipinski definition) is 2. The van der Waals surface area contributed by atoms with Crippen LogP contribution >= 0.6 is 0 Å². The van der Waals surface area contributed by atoms with Crippen molar-refractivity contribution in [3.63, 3.8) is 0 Å². The summed E-state index contributed by atoms with van der Waals surface area (Å²) in [6.45, 7) is 6.26. The highest BCUT2D eigenvalue weighted by Crippen LogP contribution is 2.38. The van der Waals surface area contributed by atoms with Gasteiger partial charge in [0.1, 0.15) is 0 Å². The minimum absolute atomic E-state index is 0.363. The first-order chi connectivity index (χ1) is 11.3. The normalized spacial score (nSPS) is 17.4. The van der Waals surface area contributed by atoms with E-state index in [9.17, 15) is 0 Å². The van der Waals surface area contributed by atoms with E-state index in [-0.39, 0.29) is 0 Å². The highest BCUT2D eigenvalue weighted by molar-refractivity contribution is 6.16. The van der Waals surface area contributed by atoms with Crippen LogP contribution in [0.2, 0.25) is 0 Å². The standard InChI is InChI=1S/C20H18N2O/c1-12-17-9-21-8-7-15(17)13(2)20-19(12)16-5-3-4-6-18(16)22(20)10-14-11-23-14/h3-9,14H,10-11H2,1-2H3. The first kappa shape index (κ1) is 13.1. The Kier molecular flexibility index (Phi) is 2.59. The second-order valence-corrected chi connectivity index (χ2v) is 6.48. The van der Waals surface area contributed by atoms with Crippen LogP contribution in [0.3, 0.4) is 0 Å². The summed E-state index contributed by atoms with van der Waals surface area (Å²) in [4.78, 5) is 4.34. The zero-order valence-electron chi connectivity index (χ0n) is 13.3. The third kappa shape index (κ3) is 1.77. The second kappa shape index (κ2) is 4.56. The topological polar surface area (TPSA) is 30.4 Å². The molecule has 0 bridgehead atoms. The van der Waals surface area contributed by atoms with Crippen molar-refractivity contribution < 1.29 is 4.74 Å². The number of hydrogen-bond donors (Lipinski definition) is 0. The summed E-state index contributed by atoms with van der Waals surface area (Å²) in [7, 11) is 0. The monoisotopic (exact) mass is 302 g/mol. The van der Waals surface area contributed by atoms with Crippen LogP contribution in [0.4, 0.5) is 0 Å². The Morgan fingerprint density at radius 2 is 1.91 bits per heavy atom. The maximum atomic E-state index is 5.51. The van der Waals surface area contributed by atoms with Crippen molar-refractivity contribution in [1.29, 1.82) is 0 Å². The Balaban J connectivity index is 2.04. The van der Waals surface area contributed by atoms with Crippen LogP contribution in [0.15, 0.2) is 42.7 Å². The maximum Gasteiger partial charge on any atom is 0.0988 e. The Hall–Kier alpha value is -2.39. The Morgan fingerprint density at radius 3 is 2.74 bits per heavy atom. The van der Waals surface area contributed by atoms with Crippen molar-refractivity contribution in [3.8, 4) is 0 Å². The molecule has 2 aromatic heterocycles. The van der Waals surface area contributed by atoms with Gasteiger partial charge in [-0.3, -0.25) is 4.98 Å². The summed E-state index contributed by atoms with van der Waals surface area (Å²) in [5, 5.41) is 5.24. The third-order valence-electron chi connectivity index (χ3n) is 5.12. The van der Waals surface area contributed by atoms with Gasteiger partial charge in [0.15, 0.2) is 0 Å². The molecule has 1 atom stereocenters. The van der Waals surface area contributed by atoms with E-state index in [2.05, 4.69) is 53.7 Å². The number of epoxide rings is 1. The van der Waals surface area contributed by atoms with E-state index < -0.39 is 0 Å². The average Bonchev–Trinajstić information content (AvgIpc) is 3.34. The molecule has 4 aromatic rings. The van der Waals surface area contributed by atoms with Gasteiger partial charge in [-0.25, -0.2) is 0 Å². The molecular weight excluding hydrogens is 284 g/mol. The number of fused-ring (bicyclic) bond motifs is 4. The van der Waals surface area contributed by atoms with Gasteiger partial charge in [-0.05, 0) is 42.5 Å². The van der Waals surface area contributed by atoms with Crippen molar-refractivity contribution >= 4 is 32.6 Å². The fourth-order valence-corrected chi connectivity index (χ4v) is 3.92. The zero-order chi connectivity index (χ0) is 15.6. The third-order valence-corrected chi connectivity index (χ3v) is 5.12. The Labute approximate surface area is 134 Å². The van der Waals surface area contributed by atoms with Gasteiger partial charge in [0.2, 0.25) is 0 Å². The number of benzene rings is 2. The summed E-state index contributed by atoms with van der Waals surface area (Å²) >= 11 is 0.